The molecule has 3 atom stereocenters. The Hall–Kier alpha value is -1.10. The fraction of sp³-hybridized carbons (Fsp3) is 0.818. The van der Waals surface area contributed by atoms with Crippen molar-refractivity contribution in [1.82, 2.24) is 10.6 Å². The van der Waals surface area contributed by atoms with Gasteiger partial charge in [0.1, 0.15) is 0 Å². The predicted octanol–water partition coefficient (Wildman–Crippen LogP) is -0.354. The van der Waals surface area contributed by atoms with Crippen molar-refractivity contribution in [1.29, 1.82) is 0 Å². The second kappa shape index (κ2) is 5.84. The minimum absolute atomic E-state index is 0.0514. The van der Waals surface area contributed by atoms with E-state index in [1.165, 1.54) is 0 Å². The Morgan fingerprint density at radius 1 is 1.50 bits per heavy atom. The largest absolute Gasteiger partial charge is 0.394 e. The van der Waals surface area contributed by atoms with E-state index in [4.69, 9.17) is 5.11 Å². The topological polar surface area (TPSA) is 78.4 Å². The number of carbonyl (C=O) groups is 2. The summed E-state index contributed by atoms with van der Waals surface area (Å²) in [7, 11) is 0. The molecule has 0 radical (unpaired) electrons. The van der Waals surface area contributed by atoms with Crippen molar-refractivity contribution >= 4 is 11.8 Å². The van der Waals surface area contributed by atoms with Crippen LogP contribution in [0.3, 0.4) is 0 Å². The molecular weight excluding hydrogens is 208 g/mol. The van der Waals surface area contributed by atoms with Gasteiger partial charge in [-0.3, -0.25) is 9.59 Å². The molecule has 5 heteroatoms. The molecule has 3 unspecified atom stereocenters. The second-order valence-electron chi connectivity index (χ2n) is 4.51. The molecule has 0 aliphatic heterocycles. The van der Waals surface area contributed by atoms with E-state index in [9.17, 15) is 9.59 Å². The highest BCUT2D eigenvalue weighted by Gasteiger charge is 2.38. The van der Waals surface area contributed by atoms with Crippen LogP contribution in [0, 0.1) is 11.8 Å². The highest BCUT2D eigenvalue weighted by Crippen LogP contribution is 2.37. The van der Waals surface area contributed by atoms with Gasteiger partial charge in [-0.15, -0.1) is 0 Å². The van der Waals surface area contributed by atoms with Crippen LogP contribution in [-0.4, -0.2) is 36.1 Å². The molecular formula is C11H20N2O3. The number of rotatable bonds is 6. The van der Waals surface area contributed by atoms with Crippen molar-refractivity contribution in [3.05, 3.63) is 0 Å². The van der Waals surface area contributed by atoms with Crippen LogP contribution in [0.2, 0.25) is 0 Å². The third-order valence-electron chi connectivity index (χ3n) is 2.78. The number of carbonyl (C=O) groups excluding carboxylic acids is 2. The number of aliphatic hydroxyl groups is 1. The van der Waals surface area contributed by atoms with Gasteiger partial charge in [-0.25, -0.2) is 0 Å². The van der Waals surface area contributed by atoms with E-state index in [2.05, 4.69) is 10.6 Å². The zero-order chi connectivity index (χ0) is 12.1. The van der Waals surface area contributed by atoms with Gasteiger partial charge < -0.3 is 15.7 Å². The van der Waals surface area contributed by atoms with Gasteiger partial charge in [-0.2, -0.15) is 0 Å². The summed E-state index contributed by atoms with van der Waals surface area (Å²) in [6, 6.07) is -0.230. The molecule has 1 saturated carbocycles. The third-order valence-corrected chi connectivity index (χ3v) is 2.78. The van der Waals surface area contributed by atoms with Gasteiger partial charge in [0.05, 0.1) is 6.61 Å². The minimum Gasteiger partial charge on any atom is -0.394 e. The van der Waals surface area contributed by atoms with Gasteiger partial charge in [0.2, 0.25) is 11.8 Å². The zero-order valence-corrected chi connectivity index (χ0v) is 9.82. The van der Waals surface area contributed by atoms with E-state index < -0.39 is 0 Å². The molecule has 1 aliphatic carbocycles. The Balaban J connectivity index is 2.06. The summed E-state index contributed by atoms with van der Waals surface area (Å²) >= 11 is 0. The van der Waals surface area contributed by atoms with E-state index >= 15 is 0 Å². The molecule has 0 heterocycles. The first-order valence-corrected chi connectivity index (χ1v) is 5.72. The van der Waals surface area contributed by atoms with E-state index in [0.29, 0.717) is 12.5 Å². The molecule has 0 aromatic heterocycles. The number of hydrogen-bond donors (Lipinski definition) is 3. The summed E-state index contributed by atoms with van der Waals surface area (Å²) in [5, 5.41) is 14.1. The van der Waals surface area contributed by atoms with Gasteiger partial charge in [0, 0.05) is 24.9 Å². The summed E-state index contributed by atoms with van der Waals surface area (Å²) in [6.45, 7) is 4.06. The van der Waals surface area contributed by atoms with Crippen molar-refractivity contribution in [2.75, 3.05) is 13.2 Å². The first-order valence-electron chi connectivity index (χ1n) is 5.72. The van der Waals surface area contributed by atoms with Crippen LogP contribution in [-0.2, 0) is 9.59 Å². The van der Waals surface area contributed by atoms with Gasteiger partial charge in [0.25, 0.3) is 0 Å². The fourth-order valence-electron chi connectivity index (χ4n) is 1.51. The first kappa shape index (κ1) is 13.0. The summed E-state index contributed by atoms with van der Waals surface area (Å²) in [4.78, 5) is 22.7. The lowest BCUT2D eigenvalue weighted by atomic mass is 10.3. The molecule has 0 spiro atoms. The van der Waals surface area contributed by atoms with Crippen molar-refractivity contribution in [3.63, 3.8) is 0 Å². The number of aliphatic hydroxyl groups excluding tert-OH is 1. The lowest BCUT2D eigenvalue weighted by molar-refractivity contribution is -0.123. The molecule has 1 aliphatic rings. The minimum atomic E-state index is -0.230. The van der Waals surface area contributed by atoms with Crippen LogP contribution in [0.25, 0.3) is 0 Å². The van der Waals surface area contributed by atoms with Crippen LogP contribution >= 0.6 is 0 Å². The van der Waals surface area contributed by atoms with E-state index in [1.807, 2.05) is 6.92 Å². The maximum absolute atomic E-state index is 11.4. The molecule has 0 aromatic rings. The Morgan fingerprint density at radius 2 is 2.12 bits per heavy atom. The van der Waals surface area contributed by atoms with E-state index in [1.54, 1.807) is 6.92 Å². The molecule has 5 nitrogen and oxygen atoms in total. The average molecular weight is 228 g/mol. The highest BCUT2D eigenvalue weighted by molar-refractivity contribution is 5.82. The van der Waals surface area contributed by atoms with Gasteiger partial charge in [-0.05, 0) is 19.3 Å². The molecule has 0 aromatic carbocycles. The maximum atomic E-state index is 11.4. The van der Waals surface area contributed by atoms with Crippen LogP contribution in [0.1, 0.15) is 26.7 Å². The number of nitrogens with one attached hydrogen (secondary N) is 2. The Kier molecular flexibility index (Phi) is 4.73. The highest BCUT2D eigenvalue weighted by atomic mass is 16.3. The van der Waals surface area contributed by atoms with Gasteiger partial charge in [0.15, 0.2) is 0 Å². The summed E-state index contributed by atoms with van der Waals surface area (Å²) < 4.78 is 0. The van der Waals surface area contributed by atoms with Crippen molar-refractivity contribution < 1.29 is 14.7 Å². The predicted molar refractivity (Wildman–Crippen MR) is 59.6 cm³/mol. The Labute approximate surface area is 95.6 Å². The molecule has 3 N–H and O–H groups in total. The van der Waals surface area contributed by atoms with Crippen LogP contribution < -0.4 is 10.6 Å². The third kappa shape index (κ3) is 4.18. The number of hydrogen-bond acceptors (Lipinski definition) is 3. The van der Waals surface area contributed by atoms with Crippen LogP contribution in [0.4, 0.5) is 0 Å². The molecule has 16 heavy (non-hydrogen) atoms. The lowest BCUT2D eigenvalue weighted by Gasteiger charge is -2.10. The quantitative estimate of drug-likeness (QED) is 0.581. The van der Waals surface area contributed by atoms with Crippen LogP contribution in [0.15, 0.2) is 0 Å². The number of amides is 2. The van der Waals surface area contributed by atoms with Crippen molar-refractivity contribution in [2.45, 2.75) is 32.7 Å². The van der Waals surface area contributed by atoms with E-state index in [0.717, 1.165) is 6.42 Å². The van der Waals surface area contributed by atoms with Gasteiger partial charge in [-0.1, -0.05) is 6.92 Å². The maximum Gasteiger partial charge on any atom is 0.223 e. The summed E-state index contributed by atoms with van der Waals surface area (Å²) in [5.41, 5.74) is 0. The van der Waals surface area contributed by atoms with Crippen molar-refractivity contribution in [3.8, 4) is 0 Å². The van der Waals surface area contributed by atoms with E-state index in [-0.39, 0.29) is 36.8 Å². The smallest absolute Gasteiger partial charge is 0.223 e. The van der Waals surface area contributed by atoms with Crippen molar-refractivity contribution in [2.24, 2.45) is 11.8 Å². The monoisotopic (exact) mass is 228 g/mol. The lowest BCUT2D eigenvalue weighted by Crippen LogP contribution is -2.37. The SMILES string of the molecule is CC(CO)NC(=O)CCNC(=O)C1CC1C. The Bertz CT molecular complexity index is 268. The Morgan fingerprint density at radius 3 is 2.62 bits per heavy atom. The van der Waals surface area contributed by atoms with Crippen LogP contribution in [0.5, 0.6) is 0 Å². The second-order valence-corrected chi connectivity index (χ2v) is 4.51. The average Bonchev–Trinajstić information content (AvgIpc) is 2.95. The first-order chi connectivity index (χ1) is 7.54. The fourth-order valence-corrected chi connectivity index (χ4v) is 1.51. The standard InChI is InChI=1S/C11H20N2O3/c1-7-5-9(7)11(16)12-4-3-10(15)13-8(2)6-14/h7-9,14H,3-6H2,1-2H3,(H,12,16)(H,13,15). The summed E-state index contributed by atoms with van der Waals surface area (Å²) in [5.74, 6) is 0.545. The molecule has 2 amide bonds. The molecule has 92 valence electrons. The zero-order valence-electron chi connectivity index (χ0n) is 9.82. The molecule has 0 bridgehead atoms. The molecule has 0 saturated heterocycles. The summed E-state index contributed by atoms with van der Waals surface area (Å²) in [6.07, 6.45) is 1.22. The van der Waals surface area contributed by atoms with Gasteiger partial charge >= 0.3 is 0 Å². The molecule has 1 fully saturated rings. The normalized spacial score (nSPS) is 24.7. The molecule has 1 rings (SSSR count).